The van der Waals surface area contributed by atoms with Crippen LogP contribution in [0.3, 0.4) is 0 Å². The molecule has 0 aromatic heterocycles. The number of benzene rings is 3. The molecule has 0 bridgehead atoms. The number of amides is 1. The third-order valence-electron chi connectivity index (χ3n) is 5.63. The highest BCUT2D eigenvalue weighted by molar-refractivity contribution is 5.92. The van der Waals surface area contributed by atoms with Gasteiger partial charge in [-0.2, -0.15) is 0 Å². The lowest BCUT2D eigenvalue weighted by Gasteiger charge is -2.38. The van der Waals surface area contributed by atoms with Gasteiger partial charge in [0.2, 0.25) is 5.91 Å². The van der Waals surface area contributed by atoms with Crippen molar-refractivity contribution in [3.8, 4) is 17.2 Å². The van der Waals surface area contributed by atoms with E-state index in [-0.39, 0.29) is 30.8 Å². The van der Waals surface area contributed by atoms with Gasteiger partial charge in [-0.05, 0) is 24.6 Å². The van der Waals surface area contributed by atoms with Crippen molar-refractivity contribution in [2.24, 2.45) is 0 Å². The first kappa shape index (κ1) is 22.5. The van der Waals surface area contributed by atoms with Crippen molar-refractivity contribution in [1.29, 1.82) is 0 Å². The number of aryl methyl sites for hydroxylation is 1. The van der Waals surface area contributed by atoms with E-state index in [1.807, 2.05) is 6.92 Å². The number of ether oxygens (including phenoxy) is 3. The van der Waals surface area contributed by atoms with Gasteiger partial charge in [0.05, 0.1) is 32.4 Å². The second kappa shape index (κ2) is 9.81. The van der Waals surface area contributed by atoms with Crippen LogP contribution in [0.5, 0.6) is 17.2 Å². The second-order valence-electron chi connectivity index (χ2n) is 8.04. The number of rotatable bonds is 7. The molecule has 1 heterocycles. The highest BCUT2D eigenvalue weighted by Crippen LogP contribution is 2.36. The fourth-order valence-corrected chi connectivity index (χ4v) is 3.89. The number of hydrogen-bond acceptors (Lipinski definition) is 5. The summed E-state index contributed by atoms with van der Waals surface area (Å²) in [6.45, 7) is 2.89. The zero-order valence-corrected chi connectivity index (χ0v) is 18.9. The third-order valence-corrected chi connectivity index (χ3v) is 5.63. The van der Waals surface area contributed by atoms with Crippen molar-refractivity contribution < 1.29 is 23.4 Å². The second-order valence-corrected chi connectivity index (χ2v) is 8.04. The molecule has 1 aliphatic rings. The smallest absolute Gasteiger partial charge is 0.226 e. The highest BCUT2D eigenvalue weighted by atomic mass is 19.1. The number of halogens is 1. The lowest BCUT2D eigenvalue weighted by atomic mass is 10.1. The SMILES string of the molecule is COc1cc(NC(=O)C[C@@H]2COc3cc(F)ccc3N2Cc2ccc(C)cc2)cc(OC)c1. The first-order chi connectivity index (χ1) is 15.9. The van der Waals surface area contributed by atoms with Crippen molar-refractivity contribution in [3.63, 3.8) is 0 Å². The van der Waals surface area contributed by atoms with Crippen molar-refractivity contribution in [2.75, 3.05) is 31.0 Å². The topological polar surface area (TPSA) is 60.0 Å². The molecule has 0 unspecified atom stereocenters. The Hall–Kier alpha value is -3.74. The van der Waals surface area contributed by atoms with Gasteiger partial charge in [-0.15, -0.1) is 0 Å². The first-order valence-corrected chi connectivity index (χ1v) is 10.7. The lowest BCUT2D eigenvalue weighted by Crippen LogP contribution is -2.44. The molecule has 0 radical (unpaired) electrons. The van der Waals surface area contributed by atoms with Crippen LogP contribution in [-0.2, 0) is 11.3 Å². The number of carbonyl (C=O) groups excluding carboxylic acids is 1. The van der Waals surface area contributed by atoms with E-state index in [1.54, 1.807) is 38.5 Å². The average Bonchev–Trinajstić information content (AvgIpc) is 2.81. The van der Waals surface area contributed by atoms with Crippen LogP contribution in [0.4, 0.5) is 15.8 Å². The third kappa shape index (κ3) is 5.37. The van der Waals surface area contributed by atoms with Crippen LogP contribution in [0.15, 0.2) is 60.7 Å². The van der Waals surface area contributed by atoms with E-state index < -0.39 is 0 Å². The Morgan fingerprint density at radius 2 is 1.76 bits per heavy atom. The average molecular weight is 451 g/mol. The van der Waals surface area contributed by atoms with Gasteiger partial charge in [0.1, 0.15) is 29.7 Å². The van der Waals surface area contributed by atoms with Crippen molar-refractivity contribution in [1.82, 2.24) is 0 Å². The van der Waals surface area contributed by atoms with E-state index in [4.69, 9.17) is 14.2 Å². The molecule has 0 saturated heterocycles. The van der Waals surface area contributed by atoms with Gasteiger partial charge in [0, 0.05) is 36.5 Å². The molecule has 1 atom stereocenters. The number of nitrogens with zero attached hydrogens (tertiary/aromatic N) is 1. The fraction of sp³-hybridized carbons (Fsp3) is 0.269. The number of anilines is 2. The van der Waals surface area contributed by atoms with Gasteiger partial charge in [0.25, 0.3) is 0 Å². The molecular weight excluding hydrogens is 423 g/mol. The van der Waals surface area contributed by atoms with Crippen LogP contribution in [0.1, 0.15) is 17.5 Å². The summed E-state index contributed by atoms with van der Waals surface area (Å²) in [6.07, 6.45) is 0.197. The number of hydrogen-bond donors (Lipinski definition) is 1. The quantitative estimate of drug-likeness (QED) is 0.552. The standard InChI is InChI=1S/C26H27FN2O4/c1-17-4-6-18(7-5-17)15-29-21(16-33-25-10-19(27)8-9-24(25)29)13-26(30)28-20-11-22(31-2)14-23(12-20)32-3/h4-12,14,21H,13,15-16H2,1-3H3,(H,28,30)/t21-/m1/s1. The number of nitrogens with one attached hydrogen (secondary N) is 1. The first-order valence-electron chi connectivity index (χ1n) is 10.7. The zero-order valence-electron chi connectivity index (χ0n) is 18.9. The number of methoxy groups -OCH3 is 2. The van der Waals surface area contributed by atoms with Gasteiger partial charge < -0.3 is 24.4 Å². The maximum absolute atomic E-state index is 13.8. The Balaban J connectivity index is 1.55. The van der Waals surface area contributed by atoms with Gasteiger partial charge in [0.15, 0.2) is 0 Å². The minimum atomic E-state index is -0.354. The van der Waals surface area contributed by atoms with Gasteiger partial charge in [-0.1, -0.05) is 29.8 Å². The van der Waals surface area contributed by atoms with Gasteiger partial charge in [-0.3, -0.25) is 4.79 Å². The molecule has 7 heteroatoms. The fourth-order valence-electron chi connectivity index (χ4n) is 3.89. The van der Waals surface area contributed by atoms with Crippen LogP contribution >= 0.6 is 0 Å². The molecule has 1 aliphatic heterocycles. The Labute approximate surface area is 192 Å². The van der Waals surface area contributed by atoms with E-state index in [2.05, 4.69) is 34.5 Å². The summed E-state index contributed by atoms with van der Waals surface area (Å²) < 4.78 is 30.2. The minimum absolute atomic E-state index is 0.168. The molecule has 4 rings (SSSR count). The van der Waals surface area contributed by atoms with E-state index in [0.717, 1.165) is 11.3 Å². The predicted molar refractivity (Wildman–Crippen MR) is 126 cm³/mol. The molecule has 3 aromatic carbocycles. The highest BCUT2D eigenvalue weighted by Gasteiger charge is 2.30. The maximum atomic E-state index is 13.8. The van der Waals surface area contributed by atoms with E-state index in [9.17, 15) is 9.18 Å². The molecule has 0 aliphatic carbocycles. The number of carbonyl (C=O) groups is 1. The molecular formula is C26H27FN2O4. The van der Waals surface area contributed by atoms with Crippen molar-refractivity contribution in [2.45, 2.75) is 25.9 Å². The summed E-state index contributed by atoms with van der Waals surface area (Å²) in [7, 11) is 3.12. The van der Waals surface area contributed by atoms with Gasteiger partial charge in [-0.25, -0.2) is 4.39 Å². The molecule has 1 N–H and O–H groups in total. The number of fused-ring (bicyclic) bond motifs is 1. The largest absolute Gasteiger partial charge is 0.497 e. The van der Waals surface area contributed by atoms with Gasteiger partial charge >= 0.3 is 0 Å². The van der Waals surface area contributed by atoms with Crippen LogP contribution in [0.2, 0.25) is 0 Å². The summed E-state index contributed by atoms with van der Waals surface area (Å²) in [4.78, 5) is 15.1. The molecule has 33 heavy (non-hydrogen) atoms. The summed E-state index contributed by atoms with van der Waals surface area (Å²) in [6, 6.07) is 17.7. The van der Waals surface area contributed by atoms with E-state index >= 15 is 0 Å². The molecule has 0 saturated carbocycles. The molecule has 0 fully saturated rings. The molecule has 172 valence electrons. The predicted octanol–water partition coefficient (Wildman–Crippen LogP) is 4.95. The zero-order chi connectivity index (χ0) is 23.4. The van der Waals surface area contributed by atoms with E-state index in [1.165, 1.54) is 17.7 Å². The molecule has 0 spiro atoms. The van der Waals surface area contributed by atoms with Crippen LogP contribution in [-0.4, -0.2) is 32.8 Å². The summed E-state index contributed by atoms with van der Waals surface area (Å²) in [5.41, 5.74) is 3.62. The Morgan fingerprint density at radius 1 is 1.06 bits per heavy atom. The molecule has 1 amide bonds. The monoisotopic (exact) mass is 450 g/mol. The maximum Gasteiger partial charge on any atom is 0.226 e. The van der Waals surface area contributed by atoms with Crippen LogP contribution < -0.4 is 24.4 Å². The van der Waals surface area contributed by atoms with Crippen LogP contribution in [0.25, 0.3) is 0 Å². The molecule has 3 aromatic rings. The Kier molecular flexibility index (Phi) is 6.68. The van der Waals surface area contributed by atoms with Crippen LogP contribution in [0, 0.1) is 12.7 Å². The summed E-state index contributed by atoms with van der Waals surface area (Å²) in [5.74, 6) is 1.13. The normalized spacial score (nSPS) is 14.8. The Bertz CT molecular complexity index is 1110. The molecule has 6 nitrogen and oxygen atoms in total. The lowest BCUT2D eigenvalue weighted by molar-refractivity contribution is -0.116. The Morgan fingerprint density at radius 3 is 2.42 bits per heavy atom. The van der Waals surface area contributed by atoms with Crippen molar-refractivity contribution >= 4 is 17.3 Å². The summed E-state index contributed by atoms with van der Waals surface area (Å²) >= 11 is 0. The van der Waals surface area contributed by atoms with Crippen molar-refractivity contribution in [3.05, 3.63) is 77.6 Å². The summed E-state index contributed by atoms with van der Waals surface area (Å²) in [5, 5.41) is 2.92. The minimum Gasteiger partial charge on any atom is -0.497 e. The van der Waals surface area contributed by atoms with E-state index in [0.29, 0.717) is 29.5 Å².